The van der Waals surface area contributed by atoms with Gasteiger partial charge in [-0.2, -0.15) is 0 Å². The molecule has 254 valence electrons. The van der Waals surface area contributed by atoms with Gasteiger partial charge in [-0.05, 0) is 50.2 Å². The summed E-state index contributed by atoms with van der Waals surface area (Å²) in [5.41, 5.74) is 6.70. The summed E-state index contributed by atoms with van der Waals surface area (Å²) in [7, 11) is 1.66. The zero-order valence-electron chi connectivity index (χ0n) is 27.5. The van der Waals surface area contributed by atoms with Crippen LogP contribution in [0.15, 0.2) is 23.0 Å². The zero-order chi connectivity index (χ0) is 33.8. The average molecular weight is 649 g/mol. The number of hydrogen-bond donors (Lipinski definition) is 3. The highest BCUT2D eigenvalue weighted by atomic mass is 16.2. The van der Waals surface area contributed by atoms with Crippen molar-refractivity contribution >= 4 is 40.6 Å². The first kappa shape index (κ1) is 35.5. The predicted octanol–water partition coefficient (Wildman–Crippen LogP) is 2.80. The van der Waals surface area contributed by atoms with Gasteiger partial charge in [0.25, 0.3) is 0 Å². The summed E-state index contributed by atoms with van der Waals surface area (Å²) in [6.07, 6.45) is 13.4. The zero-order valence-corrected chi connectivity index (χ0v) is 27.5. The molecule has 1 aromatic heterocycles. The molecule has 0 spiro atoms. The van der Waals surface area contributed by atoms with Crippen LogP contribution in [-0.2, 0) is 31.0 Å². The number of amides is 5. The fourth-order valence-electron chi connectivity index (χ4n) is 6.53. The van der Waals surface area contributed by atoms with Gasteiger partial charge in [0, 0.05) is 45.8 Å². The van der Waals surface area contributed by atoms with E-state index in [4.69, 9.17) is 5.73 Å². The second kappa shape index (κ2) is 17.5. The number of primary amides is 1. The fourth-order valence-corrected chi connectivity index (χ4v) is 6.53. The molecule has 12 heteroatoms. The third-order valence-electron chi connectivity index (χ3n) is 9.26. The molecule has 3 heterocycles. The number of rotatable bonds is 9. The number of carbonyl (C=O) groups excluding carboxylic acids is 5. The van der Waals surface area contributed by atoms with E-state index < -0.39 is 17.9 Å². The number of para-hydroxylation sites is 1. The van der Waals surface area contributed by atoms with Crippen LogP contribution in [0.25, 0.3) is 11.0 Å². The molecule has 1 atom stereocenters. The Morgan fingerprint density at radius 1 is 0.979 bits per heavy atom. The largest absolute Gasteiger partial charge is 0.370 e. The van der Waals surface area contributed by atoms with E-state index in [0.717, 1.165) is 19.3 Å². The molecular weight excluding hydrogens is 600 g/mol. The van der Waals surface area contributed by atoms with E-state index in [1.807, 2.05) is 12.1 Å². The number of benzene rings is 1. The Kier molecular flexibility index (Phi) is 13.2. The first-order valence-electron chi connectivity index (χ1n) is 17.0. The van der Waals surface area contributed by atoms with E-state index in [2.05, 4.69) is 22.5 Å². The molecule has 3 fully saturated rings. The van der Waals surface area contributed by atoms with E-state index in [-0.39, 0.29) is 55.6 Å². The number of fused-ring (bicyclic) bond motifs is 1. The first-order valence-corrected chi connectivity index (χ1v) is 17.0. The molecule has 4 N–H and O–H groups in total. The number of nitrogens with one attached hydrogen (secondary N) is 2. The van der Waals surface area contributed by atoms with Crippen molar-refractivity contribution in [1.29, 1.82) is 0 Å². The summed E-state index contributed by atoms with van der Waals surface area (Å²) in [5, 5.41) is 4.93. The van der Waals surface area contributed by atoms with Crippen LogP contribution in [-0.4, -0.2) is 63.2 Å². The molecule has 5 amide bonds. The summed E-state index contributed by atoms with van der Waals surface area (Å²) >= 11 is 0. The maximum Gasteiger partial charge on any atom is 0.329 e. The topological polar surface area (TPSA) is 166 Å². The number of carbonyl (C=O) groups is 5. The van der Waals surface area contributed by atoms with Crippen molar-refractivity contribution in [2.45, 2.75) is 102 Å². The number of aryl methyl sites for hydroxylation is 1. The summed E-state index contributed by atoms with van der Waals surface area (Å²) < 4.78 is 2.95. The lowest BCUT2D eigenvalue weighted by Crippen LogP contribution is -2.44. The Bertz CT molecular complexity index is 1560. The molecule has 12 nitrogen and oxygen atoms in total. The number of piperidine rings is 2. The van der Waals surface area contributed by atoms with Gasteiger partial charge in [0.2, 0.25) is 29.5 Å². The molecule has 2 saturated heterocycles. The number of likely N-dealkylation sites (tertiary alicyclic amines) is 1. The van der Waals surface area contributed by atoms with E-state index >= 15 is 0 Å². The van der Waals surface area contributed by atoms with Crippen molar-refractivity contribution in [3.63, 3.8) is 0 Å². The van der Waals surface area contributed by atoms with Crippen LogP contribution in [0, 0.1) is 17.8 Å². The van der Waals surface area contributed by atoms with Crippen LogP contribution in [0.2, 0.25) is 0 Å². The Morgan fingerprint density at radius 3 is 2.30 bits per heavy atom. The number of nitrogens with zero attached hydrogens (tertiary/aromatic N) is 3. The second-order valence-corrected chi connectivity index (χ2v) is 12.7. The highest BCUT2D eigenvalue weighted by Gasteiger charge is 2.31. The third-order valence-corrected chi connectivity index (χ3v) is 9.26. The van der Waals surface area contributed by atoms with Crippen molar-refractivity contribution < 1.29 is 24.0 Å². The molecule has 2 aromatic rings. The van der Waals surface area contributed by atoms with Crippen LogP contribution in [0.4, 0.5) is 0 Å². The molecule has 1 saturated carbocycles. The summed E-state index contributed by atoms with van der Waals surface area (Å²) in [6, 6.07) is 4.71. The number of imidazole rings is 1. The van der Waals surface area contributed by atoms with Crippen LogP contribution >= 0.6 is 0 Å². The van der Waals surface area contributed by atoms with Crippen molar-refractivity contribution in [1.82, 2.24) is 24.7 Å². The molecule has 1 aliphatic carbocycles. The van der Waals surface area contributed by atoms with Gasteiger partial charge in [0.05, 0.1) is 23.1 Å². The summed E-state index contributed by atoms with van der Waals surface area (Å²) in [4.78, 5) is 73.9. The molecule has 2 aliphatic heterocycles. The number of aromatic nitrogens is 2. The van der Waals surface area contributed by atoms with Crippen LogP contribution in [0.1, 0.15) is 108 Å². The van der Waals surface area contributed by atoms with Crippen molar-refractivity contribution in [2.24, 2.45) is 18.7 Å². The quantitative estimate of drug-likeness (QED) is 0.279. The minimum absolute atomic E-state index is 0.0507. The van der Waals surface area contributed by atoms with Gasteiger partial charge in [-0.15, -0.1) is 0 Å². The molecule has 3 aliphatic rings. The van der Waals surface area contributed by atoms with E-state index in [9.17, 15) is 28.8 Å². The Labute approximate surface area is 275 Å². The van der Waals surface area contributed by atoms with Crippen LogP contribution in [0.5, 0.6) is 0 Å². The van der Waals surface area contributed by atoms with Crippen LogP contribution in [0.3, 0.4) is 0 Å². The van der Waals surface area contributed by atoms with Gasteiger partial charge in [-0.25, -0.2) is 4.79 Å². The molecule has 1 aromatic carbocycles. The molecule has 1 unspecified atom stereocenters. The number of nitrogens with two attached hydrogens (primary N) is 1. The minimum atomic E-state index is -0.741. The summed E-state index contributed by atoms with van der Waals surface area (Å²) in [5.74, 6) is 5.22. The Hall–Kier alpha value is -4.40. The lowest BCUT2D eigenvalue weighted by atomic mass is 9.92. The Morgan fingerprint density at radius 2 is 1.66 bits per heavy atom. The van der Waals surface area contributed by atoms with Crippen LogP contribution < -0.4 is 22.1 Å². The van der Waals surface area contributed by atoms with E-state index in [1.165, 1.54) is 47.7 Å². The molecule has 5 rings (SSSR count). The normalized spacial score (nSPS) is 18.4. The lowest BCUT2D eigenvalue weighted by Gasteiger charge is -2.31. The Balaban J connectivity index is 0.000000748. The van der Waals surface area contributed by atoms with Gasteiger partial charge in [-0.1, -0.05) is 56.4 Å². The lowest BCUT2D eigenvalue weighted by molar-refractivity contribution is -0.136. The molecule has 0 bridgehead atoms. The monoisotopic (exact) mass is 648 g/mol. The molecule has 0 radical (unpaired) electrons. The number of hydrogen-bond acceptors (Lipinski definition) is 6. The maximum absolute atomic E-state index is 13.1. The SMILES string of the molecule is C1CCCCC1.Cn1c(=O)n(C2CCC(=O)NC2=O)c2cccc(C#CCCC3CCN(C(=O)CNC(=O)CCCC(N)=O)CC3)c21. The van der Waals surface area contributed by atoms with E-state index in [1.54, 1.807) is 18.0 Å². The highest BCUT2D eigenvalue weighted by molar-refractivity contribution is 6.00. The minimum Gasteiger partial charge on any atom is -0.370 e. The van der Waals surface area contributed by atoms with Gasteiger partial charge >= 0.3 is 5.69 Å². The van der Waals surface area contributed by atoms with Gasteiger partial charge in [0.15, 0.2) is 0 Å². The van der Waals surface area contributed by atoms with Gasteiger partial charge in [-0.3, -0.25) is 38.4 Å². The predicted molar refractivity (Wildman–Crippen MR) is 178 cm³/mol. The average Bonchev–Trinajstić information content (AvgIpc) is 3.32. The van der Waals surface area contributed by atoms with Gasteiger partial charge in [0.1, 0.15) is 6.04 Å². The second-order valence-electron chi connectivity index (χ2n) is 12.7. The third kappa shape index (κ3) is 10.0. The molecule has 47 heavy (non-hydrogen) atoms. The fraction of sp³-hybridized carbons (Fsp3) is 0.600. The van der Waals surface area contributed by atoms with Gasteiger partial charge < -0.3 is 16.0 Å². The van der Waals surface area contributed by atoms with Crippen molar-refractivity contribution in [3.05, 3.63) is 34.2 Å². The number of imide groups is 1. The maximum atomic E-state index is 13.1. The standard InChI is InChI=1S/C29H36N6O6.C6H12/c1-33-27-20(8-4-9-21(27)35(29(33)41)22-12-13-25(38)32-28(22)40)7-3-2-6-19-14-16-34(17-15-19)26(39)18-31-24(37)11-5-10-23(30)36;1-2-4-6-5-3-1/h4,8-9,19,22H,2,5-6,10-18H2,1H3,(H2,30,36)(H,31,37)(H,32,38,40);1-6H2. The highest BCUT2D eigenvalue weighted by Crippen LogP contribution is 2.25. The summed E-state index contributed by atoms with van der Waals surface area (Å²) in [6.45, 7) is 1.21. The van der Waals surface area contributed by atoms with Crippen molar-refractivity contribution in [3.8, 4) is 11.8 Å². The van der Waals surface area contributed by atoms with Crippen molar-refractivity contribution in [2.75, 3.05) is 19.6 Å². The first-order chi connectivity index (χ1) is 22.7. The molecular formula is C35H48N6O6. The van der Waals surface area contributed by atoms with E-state index in [0.29, 0.717) is 48.4 Å². The smallest absolute Gasteiger partial charge is 0.329 e.